The standard InChI is InChI=1S/C11H14ClN3O4/c1-15(9-3-2-7(12)4-13-9)5-10(17)14-8(6-16)11(18)19/h2-4,8,16H,5-6H2,1H3,(H,14,17)(H,18,19)/t8-/m1/s1. The average molecular weight is 288 g/mol. The van der Waals surface area contributed by atoms with Crippen LogP contribution in [0.25, 0.3) is 0 Å². The molecule has 1 amide bonds. The maximum absolute atomic E-state index is 11.6. The van der Waals surface area contributed by atoms with Crippen molar-refractivity contribution < 1.29 is 19.8 Å². The number of halogens is 1. The lowest BCUT2D eigenvalue weighted by Crippen LogP contribution is -2.47. The third-order valence-electron chi connectivity index (χ3n) is 2.30. The number of amides is 1. The number of aliphatic hydroxyl groups is 1. The number of nitrogens with zero attached hydrogens (tertiary/aromatic N) is 2. The summed E-state index contributed by atoms with van der Waals surface area (Å²) in [6.45, 7) is -0.748. The molecular formula is C11H14ClN3O4. The zero-order chi connectivity index (χ0) is 14.4. The molecule has 19 heavy (non-hydrogen) atoms. The maximum atomic E-state index is 11.6. The normalized spacial score (nSPS) is 11.7. The lowest BCUT2D eigenvalue weighted by Gasteiger charge is -2.19. The Bertz CT molecular complexity index is 452. The van der Waals surface area contributed by atoms with E-state index in [1.54, 1.807) is 19.2 Å². The van der Waals surface area contributed by atoms with E-state index in [0.717, 1.165) is 0 Å². The van der Waals surface area contributed by atoms with Crippen LogP contribution in [0.1, 0.15) is 0 Å². The largest absolute Gasteiger partial charge is 0.480 e. The van der Waals surface area contributed by atoms with Crippen molar-refractivity contribution in [1.29, 1.82) is 0 Å². The van der Waals surface area contributed by atoms with E-state index in [4.69, 9.17) is 21.8 Å². The Morgan fingerprint density at radius 2 is 2.21 bits per heavy atom. The molecule has 0 unspecified atom stereocenters. The highest BCUT2D eigenvalue weighted by molar-refractivity contribution is 6.30. The summed E-state index contributed by atoms with van der Waals surface area (Å²) in [6, 6.07) is 1.96. The predicted octanol–water partition coefficient (Wildman–Crippen LogP) is -0.267. The molecule has 0 spiro atoms. The van der Waals surface area contributed by atoms with Gasteiger partial charge in [0.05, 0.1) is 18.2 Å². The Morgan fingerprint density at radius 1 is 1.53 bits per heavy atom. The molecule has 1 rings (SSSR count). The molecule has 0 aromatic carbocycles. The van der Waals surface area contributed by atoms with Gasteiger partial charge in [-0.25, -0.2) is 9.78 Å². The number of carbonyl (C=O) groups excluding carboxylic acids is 1. The van der Waals surface area contributed by atoms with Gasteiger partial charge in [0.1, 0.15) is 11.9 Å². The molecule has 8 heteroatoms. The molecule has 0 aliphatic heterocycles. The number of hydrogen-bond donors (Lipinski definition) is 3. The summed E-state index contributed by atoms with van der Waals surface area (Å²) in [4.78, 5) is 27.8. The van der Waals surface area contributed by atoms with E-state index in [1.165, 1.54) is 11.1 Å². The molecule has 0 aliphatic carbocycles. The highest BCUT2D eigenvalue weighted by atomic mass is 35.5. The first-order chi connectivity index (χ1) is 8.93. The van der Waals surface area contributed by atoms with Crippen LogP contribution in [-0.4, -0.2) is 53.3 Å². The number of nitrogens with one attached hydrogen (secondary N) is 1. The Morgan fingerprint density at radius 3 is 2.68 bits per heavy atom. The molecule has 1 atom stereocenters. The number of aliphatic hydroxyl groups excluding tert-OH is 1. The number of carboxylic acids is 1. The lowest BCUT2D eigenvalue weighted by atomic mass is 10.3. The third-order valence-corrected chi connectivity index (χ3v) is 2.52. The minimum absolute atomic E-state index is 0.0849. The maximum Gasteiger partial charge on any atom is 0.328 e. The zero-order valence-electron chi connectivity index (χ0n) is 10.2. The fourth-order valence-electron chi connectivity index (χ4n) is 1.32. The van der Waals surface area contributed by atoms with Crippen LogP contribution in [0.2, 0.25) is 5.02 Å². The van der Waals surface area contributed by atoms with Crippen LogP contribution in [0.4, 0.5) is 5.82 Å². The second-order valence-electron chi connectivity index (χ2n) is 3.83. The summed E-state index contributed by atoms with van der Waals surface area (Å²) >= 11 is 5.69. The second-order valence-corrected chi connectivity index (χ2v) is 4.27. The minimum Gasteiger partial charge on any atom is -0.480 e. The van der Waals surface area contributed by atoms with Crippen molar-refractivity contribution in [3.63, 3.8) is 0 Å². The van der Waals surface area contributed by atoms with Crippen LogP contribution in [0.15, 0.2) is 18.3 Å². The summed E-state index contributed by atoms with van der Waals surface area (Å²) < 4.78 is 0. The second kappa shape index (κ2) is 6.91. The van der Waals surface area contributed by atoms with Crippen LogP contribution in [0.5, 0.6) is 0 Å². The minimum atomic E-state index is -1.31. The van der Waals surface area contributed by atoms with Gasteiger partial charge in [0.25, 0.3) is 0 Å². The van der Waals surface area contributed by atoms with Gasteiger partial charge in [0.15, 0.2) is 0 Å². The fourth-order valence-corrected chi connectivity index (χ4v) is 1.43. The topological polar surface area (TPSA) is 103 Å². The highest BCUT2D eigenvalue weighted by Crippen LogP contribution is 2.12. The quantitative estimate of drug-likeness (QED) is 0.666. The average Bonchev–Trinajstić information content (AvgIpc) is 2.36. The van der Waals surface area contributed by atoms with Crippen molar-refractivity contribution in [3.8, 4) is 0 Å². The highest BCUT2D eigenvalue weighted by Gasteiger charge is 2.19. The van der Waals surface area contributed by atoms with Gasteiger partial charge >= 0.3 is 5.97 Å². The fraction of sp³-hybridized carbons (Fsp3) is 0.364. The van der Waals surface area contributed by atoms with Crippen molar-refractivity contribution in [2.24, 2.45) is 0 Å². The first kappa shape index (κ1) is 15.2. The Kier molecular flexibility index (Phi) is 5.53. The molecule has 1 aromatic rings. The van der Waals surface area contributed by atoms with E-state index in [-0.39, 0.29) is 6.54 Å². The van der Waals surface area contributed by atoms with Crippen LogP contribution in [-0.2, 0) is 9.59 Å². The van der Waals surface area contributed by atoms with E-state index in [9.17, 15) is 9.59 Å². The van der Waals surface area contributed by atoms with Gasteiger partial charge in [0.2, 0.25) is 5.91 Å². The van der Waals surface area contributed by atoms with E-state index in [1.807, 2.05) is 0 Å². The van der Waals surface area contributed by atoms with Gasteiger partial charge in [-0.3, -0.25) is 4.79 Å². The number of carboxylic acid groups (broad SMARTS) is 1. The number of rotatable bonds is 6. The van der Waals surface area contributed by atoms with E-state index in [2.05, 4.69) is 10.3 Å². The number of likely N-dealkylation sites (N-methyl/N-ethyl adjacent to an activating group) is 1. The van der Waals surface area contributed by atoms with Crippen LogP contribution >= 0.6 is 11.6 Å². The molecule has 0 saturated carbocycles. The molecule has 0 fully saturated rings. The number of aromatic nitrogens is 1. The van der Waals surface area contributed by atoms with Gasteiger partial charge < -0.3 is 20.4 Å². The zero-order valence-corrected chi connectivity index (χ0v) is 11.0. The molecule has 0 aliphatic rings. The molecular weight excluding hydrogens is 274 g/mol. The molecule has 1 heterocycles. The Labute approximate surface area is 114 Å². The number of aliphatic carboxylic acids is 1. The summed E-state index contributed by atoms with van der Waals surface area (Å²) in [5.74, 6) is -1.29. The molecule has 0 saturated heterocycles. The van der Waals surface area contributed by atoms with Gasteiger partial charge in [-0.2, -0.15) is 0 Å². The molecule has 0 radical (unpaired) electrons. The molecule has 0 bridgehead atoms. The van der Waals surface area contributed by atoms with Crippen LogP contribution in [0.3, 0.4) is 0 Å². The van der Waals surface area contributed by atoms with Crippen molar-refractivity contribution >= 4 is 29.3 Å². The van der Waals surface area contributed by atoms with Gasteiger partial charge in [0, 0.05) is 13.2 Å². The molecule has 1 aromatic heterocycles. The summed E-state index contributed by atoms with van der Waals surface area (Å²) in [5.41, 5.74) is 0. The van der Waals surface area contributed by atoms with Gasteiger partial charge in [-0.15, -0.1) is 0 Å². The monoisotopic (exact) mass is 287 g/mol. The molecule has 3 N–H and O–H groups in total. The lowest BCUT2D eigenvalue weighted by molar-refractivity contribution is -0.142. The SMILES string of the molecule is CN(CC(=O)N[C@H](CO)C(=O)O)c1ccc(Cl)cn1. The predicted molar refractivity (Wildman–Crippen MR) is 69.2 cm³/mol. The number of carbonyl (C=O) groups is 2. The smallest absolute Gasteiger partial charge is 0.328 e. The van der Waals surface area contributed by atoms with Gasteiger partial charge in [-0.05, 0) is 12.1 Å². The summed E-state index contributed by atoms with van der Waals surface area (Å²) in [7, 11) is 1.63. The van der Waals surface area contributed by atoms with E-state index in [0.29, 0.717) is 10.8 Å². The molecule has 7 nitrogen and oxygen atoms in total. The van der Waals surface area contributed by atoms with Crippen molar-refractivity contribution in [2.45, 2.75) is 6.04 Å². The van der Waals surface area contributed by atoms with Crippen molar-refractivity contribution in [3.05, 3.63) is 23.4 Å². The van der Waals surface area contributed by atoms with Crippen LogP contribution in [0, 0.1) is 0 Å². The number of anilines is 1. The van der Waals surface area contributed by atoms with Crippen LogP contribution < -0.4 is 10.2 Å². The van der Waals surface area contributed by atoms with Crippen molar-refractivity contribution in [1.82, 2.24) is 10.3 Å². The first-order valence-electron chi connectivity index (χ1n) is 5.39. The molecule has 104 valence electrons. The first-order valence-corrected chi connectivity index (χ1v) is 5.77. The Balaban J connectivity index is 2.56. The van der Waals surface area contributed by atoms with E-state index < -0.39 is 24.5 Å². The number of pyridine rings is 1. The van der Waals surface area contributed by atoms with Crippen molar-refractivity contribution in [2.75, 3.05) is 25.1 Å². The third kappa shape index (κ3) is 4.72. The number of hydrogen-bond acceptors (Lipinski definition) is 5. The van der Waals surface area contributed by atoms with E-state index >= 15 is 0 Å². The Hall–Kier alpha value is -1.86. The van der Waals surface area contributed by atoms with Gasteiger partial charge in [-0.1, -0.05) is 11.6 Å². The summed E-state index contributed by atoms with van der Waals surface area (Å²) in [5, 5.41) is 20.2. The summed E-state index contributed by atoms with van der Waals surface area (Å²) in [6.07, 6.45) is 1.44.